The van der Waals surface area contributed by atoms with E-state index in [2.05, 4.69) is 29.9 Å². The molecule has 3 aromatic heterocycles. The van der Waals surface area contributed by atoms with Crippen LogP contribution in [-0.2, 0) is 69.1 Å². The van der Waals surface area contributed by atoms with E-state index in [1.165, 1.54) is 55.8 Å². The number of imidazole rings is 3. The maximum Gasteiger partial charge on any atom is 0.0973 e. The largest absolute Gasteiger partial charge is 0.547 e. The number of aromatic amines is 3. The molecule has 67 heavy (non-hydrogen) atoms. The average Bonchev–Trinajstić information content (AvgIpc) is 4.12. The molecule has 6 aromatic rings. The first kappa shape index (κ1) is 58.9. The van der Waals surface area contributed by atoms with Gasteiger partial charge in [-0.3, -0.25) is 0 Å². The number of carboxylic acid groups (broad SMARTS) is 6. The molecule has 0 saturated carbocycles. The Balaban J connectivity index is 0.000000779. The Morgan fingerprint density at radius 2 is 0.657 bits per heavy atom. The zero-order chi connectivity index (χ0) is 49.1. The molecule has 0 amide bonds. The van der Waals surface area contributed by atoms with E-state index in [9.17, 15) is 59.4 Å². The Kier molecular flexibility index (Phi) is 31.0. The van der Waals surface area contributed by atoms with E-state index >= 15 is 0 Å². The Morgan fingerprint density at radius 1 is 0.433 bits per heavy atom. The molecule has 0 aliphatic rings. The van der Waals surface area contributed by atoms with Crippen molar-refractivity contribution >= 4 is 54.0 Å². The number of aliphatic carboxylic acids is 6. The number of carbonyl (C=O) groups excluding carboxylic acids is 6. The number of rotatable bonds is 15. The molecule has 6 N–H and O–H groups in total. The van der Waals surface area contributed by atoms with Crippen molar-refractivity contribution in [3.8, 4) is 0 Å². The molecule has 354 valence electrons. The van der Waals surface area contributed by atoms with Crippen LogP contribution in [0.1, 0.15) is 33.8 Å². The summed E-state index contributed by atoms with van der Waals surface area (Å²) >= 11 is 0. The summed E-state index contributed by atoms with van der Waals surface area (Å²) in [7, 11) is 0. The van der Waals surface area contributed by atoms with Crippen LogP contribution in [0.4, 0.5) is 0 Å². The molecular weight excluding hydrogens is 960 g/mol. The first-order valence-electron chi connectivity index (χ1n) is 18.9. The van der Waals surface area contributed by atoms with E-state index in [1.807, 2.05) is 18.2 Å². The normalized spacial score (nSPS) is 11.3. The minimum absolute atomic E-state index is 0. The third-order valence-electron chi connectivity index (χ3n) is 7.39. The molecule has 21 nitrogen and oxygen atoms in total. The summed E-state index contributed by atoms with van der Waals surface area (Å²) in [4.78, 5) is 79.2. The van der Waals surface area contributed by atoms with Gasteiger partial charge in [-0.1, -0.05) is 91.0 Å². The minimum Gasteiger partial charge on any atom is -0.547 e. The van der Waals surface area contributed by atoms with Crippen molar-refractivity contribution in [2.75, 3.05) is 0 Å². The average molecular weight is 1000 g/mol. The number of aliphatic hydroxyl groups excluding tert-OH is 3. The van der Waals surface area contributed by atoms with Gasteiger partial charge in [0, 0.05) is 40.3 Å². The van der Waals surface area contributed by atoms with Crippen LogP contribution in [0.5, 0.6) is 0 Å². The number of nitrogens with zero attached hydrogens (tertiary/aromatic N) is 3. The molecular formula is C45H42MoN6O15-6. The summed E-state index contributed by atoms with van der Waals surface area (Å²) in [5.41, 5.74) is 4.29. The van der Waals surface area contributed by atoms with E-state index in [4.69, 9.17) is 15.3 Å². The number of nitrogens with one attached hydrogen (secondary N) is 3. The summed E-state index contributed by atoms with van der Waals surface area (Å²) in [6, 6.07) is 26.8. The van der Waals surface area contributed by atoms with E-state index in [-0.39, 0.29) is 40.3 Å². The minimum atomic E-state index is -1.43. The van der Waals surface area contributed by atoms with Crippen LogP contribution in [0.25, 0.3) is 18.2 Å². The van der Waals surface area contributed by atoms with E-state index in [0.29, 0.717) is 17.1 Å². The van der Waals surface area contributed by atoms with Gasteiger partial charge >= 0.3 is 0 Å². The van der Waals surface area contributed by atoms with Crippen molar-refractivity contribution in [3.05, 3.63) is 181 Å². The fourth-order valence-corrected chi connectivity index (χ4v) is 4.31. The van der Waals surface area contributed by atoms with Crippen molar-refractivity contribution in [1.29, 1.82) is 0 Å². The number of benzene rings is 3. The summed E-state index contributed by atoms with van der Waals surface area (Å²) < 4.78 is 0. The second-order valence-electron chi connectivity index (χ2n) is 12.6. The predicted molar refractivity (Wildman–Crippen MR) is 221 cm³/mol. The van der Waals surface area contributed by atoms with Crippen LogP contribution in [0.3, 0.4) is 0 Å². The van der Waals surface area contributed by atoms with E-state index < -0.39 is 54.1 Å². The molecule has 0 fully saturated rings. The van der Waals surface area contributed by atoms with Gasteiger partial charge in [0.25, 0.3) is 0 Å². The van der Waals surface area contributed by atoms with Gasteiger partial charge in [0.2, 0.25) is 0 Å². The van der Waals surface area contributed by atoms with Gasteiger partial charge in [0.1, 0.15) is 0 Å². The van der Waals surface area contributed by atoms with Crippen LogP contribution in [-0.4, -0.2) is 99.4 Å². The van der Waals surface area contributed by atoms with Gasteiger partial charge in [-0.15, -0.1) is 0 Å². The number of H-pyrrole nitrogens is 3. The topological polar surface area (TPSA) is 388 Å². The molecule has 0 spiro atoms. The molecule has 0 saturated heterocycles. The molecule has 22 heteroatoms. The standard InChI is InChI=1S/3C9H10O3.3C6H6N2O2.Mo/c3*10-8(9(11)12)6-7-4-2-1-3-5-7;3*9-6(10)2-1-5-3-7-4-8-5;/h3*1-5,8,10H,6H2,(H,11,12);3*1-4H,(H,7,8)(H,9,10);/p-6. The number of hydrogen-bond donors (Lipinski definition) is 6. The van der Waals surface area contributed by atoms with Crippen molar-refractivity contribution in [2.45, 2.75) is 37.6 Å². The Bertz CT molecular complexity index is 2100. The number of carbonyl (C=O) groups is 6. The zero-order valence-corrected chi connectivity index (χ0v) is 36.9. The summed E-state index contributed by atoms with van der Waals surface area (Å²) in [6.45, 7) is 0. The van der Waals surface area contributed by atoms with Crippen molar-refractivity contribution in [1.82, 2.24) is 29.9 Å². The smallest absolute Gasteiger partial charge is 0.0973 e. The first-order valence-corrected chi connectivity index (χ1v) is 18.9. The van der Waals surface area contributed by atoms with Crippen LogP contribution in [0.15, 0.2) is 147 Å². The summed E-state index contributed by atoms with van der Waals surface area (Å²) in [5.74, 6) is -7.93. The van der Waals surface area contributed by atoms with Crippen molar-refractivity contribution in [3.63, 3.8) is 0 Å². The van der Waals surface area contributed by atoms with Crippen LogP contribution in [0.2, 0.25) is 0 Å². The monoisotopic (exact) mass is 1000 g/mol. The second kappa shape index (κ2) is 35.3. The molecule has 0 radical (unpaired) electrons. The van der Waals surface area contributed by atoms with Crippen LogP contribution < -0.4 is 30.6 Å². The Hall–Kier alpha value is -8.10. The van der Waals surface area contributed by atoms with Gasteiger partial charge in [-0.25, -0.2) is 15.0 Å². The predicted octanol–water partition coefficient (Wildman–Crippen LogP) is -4.46. The fourth-order valence-electron chi connectivity index (χ4n) is 4.31. The van der Waals surface area contributed by atoms with Crippen molar-refractivity contribution in [2.24, 2.45) is 0 Å². The van der Waals surface area contributed by atoms with Crippen molar-refractivity contribution < 1.29 is 95.8 Å². The number of aliphatic hydroxyl groups is 3. The van der Waals surface area contributed by atoms with Gasteiger partial charge in [-0.2, -0.15) is 0 Å². The van der Waals surface area contributed by atoms with E-state index in [1.54, 1.807) is 72.8 Å². The van der Waals surface area contributed by atoms with Gasteiger partial charge < -0.3 is 89.7 Å². The summed E-state index contributed by atoms with van der Waals surface area (Å²) in [5, 5.41) is 86.8. The molecule has 0 aliphatic carbocycles. The SMILES string of the molecule is O=C([O-])C(O)Cc1ccccc1.O=C([O-])C(O)Cc1ccccc1.O=C([O-])C(O)Cc1ccccc1.O=C([O-])C=Cc1cnc[nH]1.O=C([O-])C=Cc1cnc[nH]1.O=C([O-])C=Cc1cnc[nH]1.[Mo]. The number of hydrogen-bond acceptors (Lipinski definition) is 18. The van der Waals surface area contributed by atoms with Crippen LogP contribution >= 0.6 is 0 Å². The Morgan fingerprint density at radius 3 is 0.821 bits per heavy atom. The first-order chi connectivity index (χ1) is 31.5. The maximum absolute atomic E-state index is 10.1. The molecule has 0 aliphatic heterocycles. The number of carboxylic acids is 6. The molecule has 3 aromatic carbocycles. The summed E-state index contributed by atoms with van der Waals surface area (Å²) in [6.07, 6.45) is 12.0. The van der Waals surface area contributed by atoms with Crippen LogP contribution in [0, 0.1) is 0 Å². The van der Waals surface area contributed by atoms with Gasteiger partial charge in [-0.05, 0) is 53.1 Å². The molecule has 3 atom stereocenters. The molecule has 6 rings (SSSR count). The quantitative estimate of drug-likeness (QED) is 0.0417. The zero-order valence-electron chi connectivity index (χ0n) is 34.9. The Labute approximate surface area is 396 Å². The van der Waals surface area contributed by atoms with Gasteiger partial charge in [0.05, 0.1) is 109 Å². The fraction of sp³-hybridized carbons (Fsp3) is 0.133. The molecule has 0 bridgehead atoms. The van der Waals surface area contributed by atoms with E-state index in [0.717, 1.165) is 34.9 Å². The third kappa shape index (κ3) is 31.4. The third-order valence-corrected chi connectivity index (χ3v) is 7.39. The van der Waals surface area contributed by atoms with Gasteiger partial charge in [0.15, 0.2) is 0 Å². The molecule has 3 unspecified atom stereocenters. The number of aromatic nitrogens is 6. The second-order valence-corrected chi connectivity index (χ2v) is 12.6. The molecule has 3 heterocycles. The maximum atomic E-state index is 10.1.